The molecular formula is C22H26N4O3. The van der Waals surface area contributed by atoms with Crippen molar-refractivity contribution in [3.63, 3.8) is 0 Å². The topological polar surface area (TPSA) is 58.1 Å². The minimum Gasteiger partial charge on any atom is -0.486 e. The minimum absolute atomic E-state index is 0.0454. The maximum absolute atomic E-state index is 12.2. The molecule has 29 heavy (non-hydrogen) atoms. The number of aromatic nitrogens is 1. The quantitative estimate of drug-likeness (QED) is 0.792. The molecule has 7 nitrogen and oxygen atoms in total. The molecule has 0 saturated carbocycles. The average Bonchev–Trinajstić information content (AvgIpc) is 3.20. The molecule has 1 atom stereocenters. The Bertz CT molecular complexity index is 882. The molecule has 0 aliphatic carbocycles. The molecule has 1 amide bonds. The number of piperazine rings is 1. The van der Waals surface area contributed by atoms with Crippen LogP contribution in [0, 0.1) is 0 Å². The number of para-hydroxylation sites is 2. The molecule has 0 bridgehead atoms. The van der Waals surface area contributed by atoms with E-state index in [4.69, 9.17) is 9.47 Å². The van der Waals surface area contributed by atoms with Crippen LogP contribution in [0.1, 0.15) is 12.8 Å². The Morgan fingerprint density at radius 2 is 1.83 bits per heavy atom. The van der Waals surface area contributed by atoms with Crippen LogP contribution in [-0.2, 0) is 4.79 Å². The maximum Gasteiger partial charge on any atom is 0.227 e. The molecule has 2 aromatic rings. The number of carbonyl (C=O) groups excluding carboxylic acids is 1. The Kier molecular flexibility index (Phi) is 4.97. The second kappa shape index (κ2) is 7.91. The van der Waals surface area contributed by atoms with Gasteiger partial charge in [0.05, 0.1) is 5.69 Å². The van der Waals surface area contributed by atoms with Crippen molar-refractivity contribution in [2.45, 2.75) is 18.9 Å². The number of benzene rings is 1. The predicted molar refractivity (Wildman–Crippen MR) is 111 cm³/mol. The van der Waals surface area contributed by atoms with E-state index < -0.39 is 0 Å². The third-order valence-corrected chi connectivity index (χ3v) is 5.83. The summed E-state index contributed by atoms with van der Waals surface area (Å²) in [5, 5.41) is 0. The fraction of sp³-hybridized carbons (Fsp3) is 0.455. The molecule has 0 unspecified atom stereocenters. The molecule has 0 N–H and O–H groups in total. The van der Waals surface area contributed by atoms with Gasteiger partial charge in [-0.15, -0.1) is 0 Å². The lowest BCUT2D eigenvalue weighted by atomic mass is 10.2. The summed E-state index contributed by atoms with van der Waals surface area (Å²) in [6, 6.07) is 11.8. The van der Waals surface area contributed by atoms with E-state index in [0.717, 1.165) is 68.7 Å². The van der Waals surface area contributed by atoms with Gasteiger partial charge in [0.15, 0.2) is 17.3 Å². The first-order valence-electron chi connectivity index (χ1n) is 10.4. The van der Waals surface area contributed by atoms with Crippen LogP contribution in [0.5, 0.6) is 11.5 Å². The lowest BCUT2D eigenvalue weighted by Gasteiger charge is -2.38. The fourth-order valence-corrected chi connectivity index (χ4v) is 4.33. The molecule has 0 radical (unpaired) electrons. The molecule has 2 saturated heterocycles. The summed E-state index contributed by atoms with van der Waals surface area (Å²) in [6.07, 6.45) is 3.42. The summed E-state index contributed by atoms with van der Waals surface area (Å²) in [4.78, 5) is 23.4. The van der Waals surface area contributed by atoms with E-state index in [9.17, 15) is 4.79 Å². The lowest BCUT2D eigenvalue weighted by Crippen LogP contribution is -2.51. The standard InChI is InChI=1S/C22H26N4O3/c27-21-8-4-10-26(21)18-5-3-9-23-22(18)25-13-11-24(12-14-25)15-17-16-28-19-6-1-2-7-20(19)29-17/h1-3,5-7,9,17H,4,8,10-16H2/t17-/m0/s1. The van der Waals surface area contributed by atoms with Crippen LogP contribution in [0.4, 0.5) is 11.5 Å². The smallest absolute Gasteiger partial charge is 0.227 e. The van der Waals surface area contributed by atoms with Crippen molar-refractivity contribution < 1.29 is 14.3 Å². The Balaban J connectivity index is 1.20. The van der Waals surface area contributed by atoms with Crippen LogP contribution >= 0.6 is 0 Å². The van der Waals surface area contributed by atoms with Crippen LogP contribution in [0.15, 0.2) is 42.6 Å². The van der Waals surface area contributed by atoms with Gasteiger partial charge < -0.3 is 19.3 Å². The van der Waals surface area contributed by atoms with E-state index in [2.05, 4.69) is 14.8 Å². The number of fused-ring (bicyclic) bond motifs is 1. The SMILES string of the molecule is O=C1CCCN1c1cccnc1N1CCN(C[C@H]2COc3ccccc3O2)CC1. The molecule has 3 aliphatic heterocycles. The van der Waals surface area contributed by atoms with Crippen LogP contribution in [0.3, 0.4) is 0 Å². The molecule has 3 aliphatic rings. The predicted octanol–water partition coefficient (Wildman–Crippen LogP) is 2.17. The van der Waals surface area contributed by atoms with Gasteiger partial charge in [-0.05, 0) is 30.7 Å². The summed E-state index contributed by atoms with van der Waals surface area (Å²) in [7, 11) is 0. The Hall–Kier alpha value is -2.80. The lowest BCUT2D eigenvalue weighted by molar-refractivity contribution is -0.117. The number of carbonyl (C=O) groups is 1. The highest BCUT2D eigenvalue weighted by Crippen LogP contribution is 2.32. The highest BCUT2D eigenvalue weighted by atomic mass is 16.6. The van der Waals surface area contributed by atoms with E-state index in [1.807, 2.05) is 47.5 Å². The molecule has 4 heterocycles. The fourth-order valence-electron chi connectivity index (χ4n) is 4.33. The summed E-state index contributed by atoms with van der Waals surface area (Å²) in [6.45, 7) is 5.86. The molecule has 0 spiro atoms. The summed E-state index contributed by atoms with van der Waals surface area (Å²) in [5.41, 5.74) is 0.948. The first-order chi connectivity index (χ1) is 14.3. The molecule has 152 valence electrons. The largest absolute Gasteiger partial charge is 0.486 e. The van der Waals surface area contributed by atoms with E-state index in [1.54, 1.807) is 0 Å². The number of anilines is 2. The second-order valence-electron chi connectivity index (χ2n) is 7.78. The number of amides is 1. The Labute approximate surface area is 170 Å². The number of rotatable bonds is 4. The molecule has 7 heteroatoms. The zero-order valence-electron chi connectivity index (χ0n) is 16.5. The van der Waals surface area contributed by atoms with Crippen molar-refractivity contribution >= 4 is 17.4 Å². The van der Waals surface area contributed by atoms with Crippen LogP contribution < -0.4 is 19.3 Å². The van der Waals surface area contributed by atoms with Crippen LogP contribution in [0.25, 0.3) is 0 Å². The van der Waals surface area contributed by atoms with Gasteiger partial charge in [-0.25, -0.2) is 4.98 Å². The van der Waals surface area contributed by atoms with Gasteiger partial charge in [0.1, 0.15) is 12.7 Å². The van der Waals surface area contributed by atoms with Crippen molar-refractivity contribution in [1.29, 1.82) is 0 Å². The number of ether oxygens (including phenoxy) is 2. The highest BCUT2D eigenvalue weighted by molar-refractivity contribution is 5.97. The van der Waals surface area contributed by atoms with Crippen molar-refractivity contribution in [2.24, 2.45) is 0 Å². The van der Waals surface area contributed by atoms with Crippen molar-refractivity contribution in [3.8, 4) is 11.5 Å². The van der Waals surface area contributed by atoms with Gasteiger partial charge in [-0.2, -0.15) is 0 Å². The number of pyridine rings is 1. The summed E-state index contributed by atoms with van der Waals surface area (Å²) < 4.78 is 11.9. The van der Waals surface area contributed by atoms with E-state index >= 15 is 0 Å². The van der Waals surface area contributed by atoms with Crippen molar-refractivity contribution in [3.05, 3.63) is 42.6 Å². The molecule has 2 fully saturated rings. The Morgan fingerprint density at radius 1 is 1.00 bits per heavy atom. The minimum atomic E-state index is 0.0454. The number of nitrogens with zero attached hydrogens (tertiary/aromatic N) is 4. The maximum atomic E-state index is 12.2. The van der Waals surface area contributed by atoms with Gasteiger partial charge in [0.2, 0.25) is 5.91 Å². The van der Waals surface area contributed by atoms with E-state index in [1.165, 1.54) is 0 Å². The Morgan fingerprint density at radius 3 is 2.62 bits per heavy atom. The third kappa shape index (κ3) is 3.74. The normalized spacial score (nSPS) is 22.2. The number of hydrogen-bond donors (Lipinski definition) is 0. The van der Waals surface area contributed by atoms with Crippen LogP contribution in [-0.4, -0.2) is 67.8 Å². The van der Waals surface area contributed by atoms with Gasteiger partial charge in [-0.3, -0.25) is 9.69 Å². The van der Waals surface area contributed by atoms with Crippen molar-refractivity contribution in [1.82, 2.24) is 9.88 Å². The van der Waals surface area contributed by atoms with E-state index in [0.29, 0.717) is 13.0 Å². The highest BCUT2D eigenvalue weighted by Gasteiger charge is 2.29. The molecule has 1 aromatic heterocycles. The van der Waals surface area contributed by atoms with Crippen molar-refractivity contribution in [2.75, 3.05) is 55.7 Å². The first-order valence-corrected chi connectivity index (χ1v) is 10.4. The third-order valence-electron chi connectivity index (χ3n) is 5.83. The van der Waals surface area contributed by atoms with Gasteiger partial charge >= 0.3 is 0 Å². The monoisotopic (exact) mass is 394 g/mol. The zero-order valence-corrected chi connectivity index (χ0v) is 16.5. The average molecular weight is 394 g/mol. The van der Waals surface area contributed by atoms with Gasteiger partial charge in [0, 0.05) is 51.9 Å². The van der Waals surface area contributed by atoms with E-state index in [-0.39, 0.29) is 12.0 Å². The summed E-state index contributed by atoms with van der Waals surface area (Å²) >= 11 is 0. The van der Waals surface area contributed by atoms with Gasteiger partial charge in [0.25, 0.3) is 0 Å². The first kappa shape index (κ1) is 18.2. The zero-order chi connectivity index (χ0) is 19.6. The summed E-state index contributed by atoms with van der Waals surface area (Å²) in [5.74, 6) is 2.78. The van der Waals surface area contributed by atoms with Gasteiger partial charge in [-0.1, -0.05) is 12.1 Å². The number of hydrogen-bond acceptors (Lipinski definition) is 6. The second-order valence-corrected chi connectivity index (χ2v) is 7.78. The molecule has 5 rings (SSSR count). The van der Waals surface area contributed by atoms with Crippen LogP contribution in [0.2, 0.25) is 0 Å². The molecular weight excluding hydrogens is 368 g/mol. The molecule has 1 aromatic carbocycles.